The highest BCUT2D eigenvalue weighted by molar-refractivity contribution is 5.94. The molecular formula is C12H11F2NO2. The Labute approximate surface area is 97.8 Å². The third kappa shape index (κ3) is 4.51. The Bertz CT molecular complexity index is 427. The van der Waals surface area contributed by atoms with Gasteiger partial charge in [-0.15, -0.1) is 12.3 Å². The van der Waals surface area contributed by atoms with Crippen molar-refractivity contribution in [2.45, 2.75) is 13.0 Å². The van der Waals surface area contributed by atoms with Gasteiger partial charge in [-0.3, -0.25) is 4.79 Å². The molecule has 0 atom stereocenters. The van der Waals surface area contributed by atoms with Crippen LogP contribution >= 0.6 is 0 Å². The first-order valence-electron chi connectivity index (χ1n) is 4.90. The molecule has 5 heteroatoms. The molecule has 1 N–H and O–H groups in total. The summed E-state index contributed by atoms with van der Waals surface area (Å²) in [5.74, 6) is 1.95. The van der Waals surface area contributed by atoms with Gasteiger partial charge in [0.1, 0.15) is 5.75 Å². The molecule has 1 aromatic rings. The molecule has 0 radical (unpaired) electrons. The molecule has 0 saturated heterocycles. The van der Waals surface area contributed by atoms with Crippen molar-refractivity contribution in [2.24, 2.45) is 0 Å². The number of terminal acetylenes is 1. The Morgan fingerprint density at radius 3 is 2.94 bits per heavy atom. The van der Waals surface area contributed by atoms with E-state index in [9.17, 15) is 13.6 Å². The smallest absolute Gasteiger partial charge is 0.387 e. The Balaban J connectivity index is 2.64. The van der Waals surface area contributed by atoms with Gasteiger partial charge in [-0.25, -0.2) is 0 Å². The van der Waals surface area contributed by atoms with Crippen LogP contribution in [0.2, 0.25) is 0 Å². The van der Waals surface area contributed by atoms with Crippen LogP contribution in [0.4, 0.5) is 8.78 Å². The maximum Gasteiger partial charge on any atom is 0.387 e. The molecule has 17 heavy (non-hydrogen) atoms. The fourth-order valence-corrected chi connectivity index (χ4v) is 1.16. The molecule has 0 unspecified atom stereocenters. The van der Waals surface area contributed by atoms with Crippen LogP contribution in [-0.4, -0.2) is 19.1 Å². The largest absolute Gasteiger partial charge is 0.435 e. The number of carbonyl (C=O) groups excluding carboxylic acids is 1. The number of hydrogen-bond acceptors (Lipinski definition) is 2. The highest BCUT2D eigenvalue weighted by Gasteiger charge is 2.08. The van der Waals surface area contributed by atoms with Crippen LogP contribution in [-0.2, 0) is 0 Å². The van der Waals surface area contributed by atoms with Crippen LogP contribution in [0.3, 0.4) is 0 Å². The van der Waals surface area contributed by atoms with Gasteiger partial charge in [0.15, 0.2) is 0 Å². The molecule has 90 valence electrons. The Morgan fingerprint density at radius 1 is 1.53 bits per heavy atom. The fourth-order valence-electron chi connectivity index (χ4n) is 1.16. The first-order valence-corrected chi connectivity index (χ1v) is 4.90. The Morgan fingerprint density at radius 2 is 2.29 bits per heavy atom. The zero-order valence-corrected chi connectivity index (χ0v) is 8.95. The van der Waals surface area contributed by atoms with Gasteiger partial charge in [0.25, 0.3) is 5.91 Å². The van der Waals surface area contributed by atoms with Gasteiger partial charge >= 0.3 is 6.61 Å². The van der Waals surface area contributed by atoms with Crippen LogP contribution in [0.5, 0.6) is 5.75 Å². The van der Waals surface area contributed by atoms with E-state index in [1.54, 1.807) is 0 Å². The van der Waals surface area contributed by atoms with Crippen molar-refractivity contribution in [3.63, 3.8) is 0 Å². The van der Waals surface area contributed by atoms with Gasteiger partial charge < -0.3 is 10.1 Å². The number of nitrogens with one attached hydrogen (secondary N) is 1. The van der Waals surface area contributed by atoms with Crippen molar-refractivity contribution in [1.29, 1.82) is 0 Å². The summed E-state index contributed by atoms with van der Waals surface area (Å²) in [5.41, 5.74) is 0.250. The lowest BCUT2D eigenvalue weighted by Crippen LogP contribution is -2.24. The molecule has 0 aliphatic carbocycles. The second-order valence-corrected chi connectivity index (χ2v) is 3.12. The zero-order chi connectivity index (χ0) is 12.7. The fraction of sp³-hybridized carbons (Fsp3) is 0.250. The van der Waals surface area contributed by atoms with E-state index >= 15 is 0 Å². The molecule has 0 aliphatic heterocycles. The molecular weight excluding hydrogens is 228 g/mol. The minimum Gasteiger partial charge on any atom is -0.435 e. The van der Waals surface area contributed by atoms with E-state index in [4.69, 9.17) is 6.42 Å². The molecule has 0 bridgehead atoms. The van der Waals surface area contributed by atoms with E-state index in [0.29, 0.717) is 13.0 Å². The van der Waals surface area contributed by atoms with Gasteiger partial charge in [0, 0.05) is 18.5 Å². The highest BCUT2D eigenvalue weighted by atomic mass is 19.3. The van der Waals surface area contributed by atoms with E-state index in [0.717, 1.165) is 0 Å². The minimum atomic E-state index is -2.91. The summed E-state index contributed by atoms with van der Waals surface area (Å²) in [4.78, 5) is 11.5. The van der Waals surface area contributed by atoms with Crippen molar-refractivity contribution < 1.29 is 18.3 Å². The van der Waals surface area contributed by atoms with Crippen LogP contribution in [0.1, 0.15) is 16.8 Å². The summed E-state index contributed by atoms with van der Waals surface area (Å²) in [6.45, 7) is -2.57. The predicted molar refractivity (Wildman–Crippen MR) is 58.9 cm³/mol. The second kappa shape index (κ2) is 6.48. The number of halogens is 2. The average molecular weight is 239 g/mol. The SMILES string of the molecule is C#CCCNC(=O)c1cccc(OC(F)F)c1. The molecule has 0 aliphatic rings. The summed E-state index contributed by atoms with van der Waals surface area (Å²) >= 11 is 0. The number of benzene rings is 1. The topological polar surface area (TPSA) is 38.3 Å². The summed E-state index contributed by atoms with van der Waals surface area (Å²) in [7, 11) is 0. The average Bonchev–Trinajstić information content (AvgIpc) is 2.28. The van der Waals surface area contributed by atoms with Gasteiger partial charge in [0.2, 0.25) is 0 Å². The maximum atomic E-state index is 12.0. The molecule has 0 fully saturated rings. The lowest BCUT2D eigenvalue weighted by atomic mass is 10.2. The Hall–Kier alpha value is -2.09. The van der Waals surface area contributed by atoms with Crippen molar-refractivity contribution in [3.8, 4) is 18.1 Å². The molecule has 0 aromatic heterocycles. The third-order valence-electron chi connectivity index (χ3n) is 1.88. The number of alkyl halides is 2. The van der Waals surface area contributed by atoms with Crippen LogP contribution in [0.25, 0.3) is 0 Å². The summed E-state index contributed by atoms with van der Waals surface area (Å²) in [6.07, 6.45) is 5.44. The lowest BCUT2D eigenvalue weighted by Gasteiger charge is -2.07. The lowest BCUT2D eigenvalue weighted by molar-refractivity contribution is -0.0498. The van der Waals surface area contributed by atoms with E-state index < -0.39 is 6.61 Å². The quantitative estimate of drug-likeness (QED) is 0.630. The molecule has 1 aromatic carbocycles. The minimum absolute atomic E-state index is 0.0513. The van der Waals surface area contributed by atoms with E-state index in [1.165, 1.54) is 24.3 Å². The monoisotopic (exact) mass is 239 g/mol. The molecule has 1 rings (SSSR count). The molecule has 3 nitrogen and oxygen atoms in total. The van der Waals surface area contributed by atoms with Crippen molar-refractivity contribution in [2.75, 3.05) is 6.54 Å². The zero-order valence-electron chi connectivity index (χ0n) is 8.95. The van der Waals surface area contributed by atoms with Crippen LogP contribution in [0, 0.1) is 12.3 Å². The molecule has 0 saturated carbocycles. The van der Waals surface area contributed by atoms with Crippen LogP contribution < -0.4 is 10.1 Å². The Kier molecular flexibility index (Phi) is 4.95. The normalized spacial score (nSPS) is 9.76. The number of amides is 1. The third-order valence-corrected chi connectivity index (χ3v) is 1.88. The maximum absolute atomic E-state index is 12.0. The van der Waals surface area contributed by atoms with E-state index in [2.05, 4.69) is 16.0 Å². The van der Waals surface area contributed by atoms with E-state index in [-0.39, 0.29) is 17.2 Å². The number of hydrogen-bond donors (Lipinski definition) is 1. The van der Waals surface area contributed by atoms with E-state index in [1.807, 2.05) is 0 Å². The number of carbonyl (C=O) groups is 1. The van der Waals surface area contributed by atoms with Crippen molar-refractivity contribution >= 4 is 5.91 Å². The van der Waals surface area contributed by atoms with Crippen molar-refractivity contribution in [3.05, 3.63) is 29.8 Å². The van der Waals surface area contributed by atoms with Gasteiger partial charge in [-0.05, 0) is 18.2 Å². The van der Waals surface area contributed by atoms with Crippen molar-refractivity contribution in [1.82, 2.24) is 5.32 Å². The number of rotatable bonds is 5. The first-order chi connectivity index (χ1) is 8.13. The highest BCUT2D eigenvalue weighted by Crippen LogP contribution is 2.15. The number of ether oxygens (including phenoxy) is 1. The molecule has 0 heterocycles. The molecule has 0 spiro atoms. The molecule has 1 amide bonds. The van der Waals surface area contributed by atoms with Crippen LogP contribution in [0.15, 0.2) is 24.3 Å². The summed E-state index contributed by atoms with van der Waals surface area (Å²) < 4.78 is 28.1. The summed E-state index contributed by atoms with van der Waals surface area (Å²) in [5, 5.41) is 2.56. The second-order valence-electron chi connectivity index (χ2n) is 3.12. The first kappa shape index (κ1) is 13.0. The van der Waals surface area contributed by atoms with Gasteiger partial charge in [0.05, 0.1) is 0 Å². The summed E-state index contributed by atoms with van der Waals surface area (Å²) in [6, 6.07) is 5.57. The predicted octanol–water partition coefficient (Wildman–Crippen LogP) is 2.04. The van der Waals surface area contributed by atoms with Gasteiger partial charge in [-0.1, -0.05) is 6.07 Å². The van der Waals surface area contributed by atoms with Gasteiger partial charge in [-0.2, -0.15) is 8.78 Å². The standard InChI is InChI=1S/C12H11F2NO2/c1-2-3-7-15-11(16)9-5-4-6-10(8-9)17-12(13)14/h1,4-6,8,12H,3,7H2,(H,15,16).